The molecule has 4 heteroatoms. The maximum Gasteiger partial charge on any atom is 0.248 e. The quantitative estimate of drug-likeness (QED) is 0.630. The second-order valence-corrected chi connectivity index (χ2v) is 3.33. The Morgan fingerprint density at radius 3 is 3.00 bits per heavy atom. The van der Waals surface area contributed by atoms with Gasteiger partial charge in [0.2, 0.25) is 5.91 Å². The third-order valence-electron chi connectivity index (χ3n) is 2.09. The summed E-state index contributed by atoms with van der Waals surface area (Å²) in [4.78, 5) is 13.0. The zero-order chi connectivity index (χ0) is 9.68. The van der Waals surface area contributed by atoms with Crippen LogP contribution in [0.3, 0.4) is 0 Å². The number of nitrogens with zero attached hydrogens (tertiary/aromatic N) is 1. The predicted molar refractivity (Wildman–Crippen MR) is 48.3 cm³/mol. The summed E-state index contributed by atoms with van der Waals surface area (Å²) in [5.41, 5.74) is 0. The van der Waals surface area contributed by atoms with Crippen LogP contribution in [-0.4, -0.2) is 48.3 Å². The van der Waals surface area contributed by atoms with E-state index in [1.54, 1.807) is 4.90 Å². The molecule has 0 spiro atoms. The Hall–Kier alpha value is -0.610. The van der Waals surface area contributed by atoms with Gasteiger partial charge in [-0.25, -0.2) is 0 Å². The highest BCUT2D eigenvalue weighted by molar-refractivity contribution is 5.77. The lowest BCUT2D eigenvalue weighted by Gasteiger charge is -2.14. The number of carbonyl (C=O) groups is 1. The number of carbonyl (C=O) groups excluding carboxylic acids is 1. The van der Waals surface area contributed by atoms with Crippen LogP contribution in [0.4, 0.5) is 0 Å². The average molecular weight is 187 g/mol. The number of β-amino-alcohol motifs (C(OH)–C–C–N with tert-alkyl or cyclic N) is 1. The highest BCUT2D eigenvalue weighted by atomic mass is 16.5. The maximum absolute atomic E-state index is 11.4. The van der Waals surface area contributed by atoms with E-state index in [9.17, 15) is 9.90 Å². The molecule has 4 nitrogen and oxygen atoms in total. The first-order valence-corrected chi connectivity index (χ1v) is 4.77. The highest BCUT2D eigenvalue weighted by Crippen LogP contribution is 2.08. The number of rotatable bonds is 4. The van der Waals surface area contributed by atoms with Gasteiger partial charge in [0.1, 0.15) is 6.61 Å². The first-order valence-electron chi connectivity index (χ1n) is 4.77. The largest absolute Gasteiger partial charge is 0.391 e. The number of ether oxygens (including phenoxy) is 1. The van der Waals surface area contributed by atoms with E-state index in [0.29, 0.717) is 26.1 Å². The summed E-state index contributed by atoms with van der Waals surface area (Å²) in [5, 5.41) is 9.19. The summed E-state index contributed by atoms with van der Waals surface area (Å²) < 4.78 is 5.12. The summed E-state index contributed by atoms with van der Waals surface area (Å²) >= 11 is 0. The van der Waals surface area contributed by atoms with E-state index in [0.717, 1.165) is 6.42 Å². The Morgan fingerprint density at radius 2 is 2.46 bits per heavy atom. The Labute approximate surface area is 78.5 Å². The van der Waals surface area contributed by atoms with Crippen molar-refractivity contribution in [3.8, 4) is 0 Å². The molecule has 1 aliphatic rings. The van der Waals surface area contributed by atoms with Gasteiger partial charge in [0.05, 0.1) is 6.10 Å². The van der Waals surface area contributed by atoms with E-state index in [-0.39, 0.29) is 18.6 Å². The summed E-state index contributed by atoms with van der Waals surface area (Å²) in [7, 11) is 0. The number of likely N-dealkylation sites (tertiary alicyclic amines) is 1. The fourth-order valence-corrected chi connectivity index (χ4v) is 1.36. The normalized spacial score (nSPS) is 22.3. The zero-order valence-electron chi connectivity index (χ0n) is 8.03. The first kappa shape index (κ1) is 10.5. The SMILES string of the molecule is CCCOCC(=O)N1CC[C@H](O)C1. The average Bonchev–Trinajstić information content (AvgIpc) is 2.52. The smallest absolute Gasteiger partial charge is 0.248 e. The molecule has 1 fully saturated rings. The van der Waals surface area contributed by atoms with Gasteiger partial charge in [-0.2, -0.15) is 0 Å². The van der Waals surface area contributed by atoms with Gasteiger partial charge < -0.3 is 14.7 Å². The van der Waals surface area contributed by atoms with Gasteiger partial charge >= 0.3 is 0 Å². The Morgan fingerprint density at radius 1 is 1.69 bits per heavy atom. The first-order chi connectivity index (χ1) is 6.24. The molecular weight excluding hydrogens is 170 g/mol. The highest BCUT2D eigenvalue weighted by Gasteiger charge is 2.23. The maximum atomic E-state index is 11.4. The van der Waals surface area contributed by atoms with E-state index >= 15 is 0 Å². The molecule has 0 saturated carbocycles. The van der Waals surface area contributed by atoms with Crippen LogP contribution in [-0.2, 0) is 9.53 Å². The molecule has 0 aromatic carbocycles. The van der Waals surface area contributed by atoms with Crippen molar-refractivity contribution < 1.29 is 14.6 Å². The Bertz CT molecular complexity index is 172. The second kappa shape index (κ2) is 5.19. The lowest BCUT2D eigenvalue weighted by molar-refractivity contribution is -0.135. The van der Waals surface area contributed by atoms with Crippen molar-refractivity contribution in [1.29, 1.82) is 0 Å². The van der Waals surface area contributed by atoms with Gasteiger partial charge in [-0.1, -0.05) is 6.92 Å². The predicted octanol–water partition coefficient (Wildman–Crippen LogP) is 0.00620. The molecule has 1 saturated heterocycles. The van der Waals surface area contributed by atoms with Crippen LogP contribution < -0.4 is 0 Å². The fourth-order valence-electron chi connectivity index (χ4n) is 1.36. The molecule has 0 unspecified atom stereocenters. The van der Waals surface area contributed by atoms with Crippen molar-refractivity contribution in [2.24, 2.45) is 0 Å². The third-order valence-corrected chi connectivity index (χ3v) is 2.09. The molecular formula is C9H17NO3. The molecule has 1 N–H and O–H groups in total. The molecule has 0 bridgehead atoms. The fraction of sp³-hybridized carbons (Fsp3) is 0.889. The summed E-state index contributed by atoms with van der Waals surface area (Å²) in [6.07, 6.45) is 1.28. The van der Waals surface area contributed by atoms with Gasteiger partial charge in [-0.15, -0.1) is 0 Å². The lowest BCUT2D eigenvalue weighted by atomic mass is 10.3. The number of amides is 1. The summed E-state index contributed by atoms with van der Waals surface area (Å²) in [5.74, 6) is -0.00926. The van der Waals surface area contributed by atoms with E-state index in [1.807, 2.05) is 6.92 Å². The minimum atomic E-state index is -0.338. The Kier molecular flexibility index (Phi) is 4.18. The molecule has 76 valence electrons. The van der Waals surface area contributed by atoms with Gasteiger partial charge in [0.15, 0.2) is 0 Å². The molecule has 0 radical (unpaired) electrons. The van der Waals surface area contributed by atoms with Crippen molar-refractivity contribution in [3.05, 3.63) is 0 Å². The van der Waals surface area contributed by atoms with Crippen LogP contribution in [0, 0.1) is 0 Å². The van der Waals surface area contributed by atoms with E-state index < -0.39 is 0 Å². The molecule has 1 heterocycles. The van der Waals surface area contributed by atoms with Crippen LogP contribution in [0.1, 0.15) is 19.8 Å². The van der Waals surface area contributed by atoms with Gasteiger partial charge in [0.25, 0.3) is 0 Å². The molecule has 1 aliphatic heterocycles. The number of aliphatic hydroxyl groups excluding tert-OH is 1. The molecule has 0 aromatic heterocycles. The monoisotopic (exact) mass is 187 g/mol. The number of hydrogen-bond acceptors (Lipinski definition) is 3. The van der Waals surface area contributed by atoms with Crippen molar-refractivity contribution in [3.63, 3.8) is 0 Å². The summed E-state index contributed by atoms with van der Waals surface area (Å²) in [6, 6.07) is 0. The Balaban J connectivity index is 2.16. The van der Waals surface area contributed by atoms with Crippen molar-refractivity contribution >= 4 is 5.91 Å². The number of hydrogen-bond donors (Lipinski definition) is 1. The van der Waals surface area contributed by atoms with Crippen LogP contribution in [0.5, 0.6) is 0 Å². The van der Waals surface area contributed by atoms with Gasteiger partial charge in [-0.05, 0) is 12.8 Å². The van der Waals surface area contributed by atoms with Crippen LogP contribution >= 0.6 is 0 Å². The van der Waals surface area contributed by atoms with Crippen LogP contribution in [0.15, 0.2) is 0 Å². The van der Waals surface area contributed by atoms with E-state index in [2.05, 4.69) is 0 Å². The van der Waals surface area contributed by atoms with E-state index in [1.165, 1.54) is 0 Å². The molecule has 0 aliphatic carbocycles. The summed E-state index contributed by atoms with van der Waals surface area (Å²) in [6.45, 7) is 3.91. The molecule has 1 amide bonds. The topological polar surface area (TPSA) is 49.8 Å². The van der Waals surface area contributed by atoms with E-state index in [4.69, 9.17) is 4.74 Å². The van der Waals surface area contributed by atoms with Gasteiger partial charge in [-0.3, -0.25) is 4.79 Å². The minimum Gasteiger partial charge on any atom is -0.391 e. The third kappa shape index (κ3) is 3.32. The molecule has 1 rings (SSSR count). The lowest BCUT2D eigenvalue weighted by Crippen LogP contribution is -2.32. The standard InChI is InChI=1S/C9H17NO3/c1-2-5-13-7-9(12)10-4-3-8(11)6-10/h8,11H,2-7H2,1H3/t8-/m0/s1. The minimum absolute atomic E-state index is 0.00926. The van der Waals surface area contributed by atoms with Gasteiger partial charge in [0, 0.05) is 19.7 Å². The molecule has 13 heavy (non-hydrogen) atoms. The molecule has 0 aromatic rings. The molecule has 1 atom stereocenters. The second-order valence-electron chi connectivity index (χ2n) is 3.33. The van der Waals surface area contributed by atoms with Crippen molar-refractivity contribution in [2.45, 2.75) is 25.9 Å². The van der Waals surface area contributed by atoms with Crippen LogP contribution in [0.25, 0.3) is 0 Å². The van der Waals surface area contributed by atoms with Crippen molar-refractivity contribution in [2.75, 3.05) is 26.3 Å². The zero-order valence-corrected chi connectivity index (χ0v) is 8.03. The van der Waals surface area contributed by atoms with Crippen molar-refractivity contribution in [1.82, 2.24) is 4.90 Å². The van der Waals surface area contributed by atoms with Crippen LogP contribution in [0.2, 0.25) is 0 Å². The number of aliphatic hydroxyl groups is 1.